The molecule has 2 saturated carbocycles. The van der Waals surface area contributed by atoms with Crippen molar-refractivity contribution in [2.75, 3.05) is 0 Å². The van der Waals surface area contributed by atoms with Crippen molar-refractivity contribution in [3.63, 3.8) is 0 Å². The Labute approximate surface area is 141 Å². The fourth-order valence-corrected chi connectivity index (χ4v) is 4.55. The molecule has 2 aliphatic carbocycles. The summed E-state index contributed by atoms with van der Waals surface area (Å²) in [5.74, 6) is 1.94. The highest BCUT2D eigenvalue weighted by atomic mass is 19.1. The van der Waals surface area contributed by atoms with Crippen molar-refractivity contribution in [3.8, 4) is 6.07 Å². The van der Waals surface area contributed by atoms with Crippen LogP contribution in [-0.4, -0.2) is 0 Å². The first kappa shape index (κ1) is 18.2. The van der Waals surface area contributed by atoms with E-state index >= 15 is 0 Å². The van der Waals surface area contributed by atoms with Crippen LogP contribution in [0.2, 0.25) is 0 Å². The van der Waals surface area contributed by atoms with Crippen molar-refractivity contribution in [2.45, 2.75) is 77.6 Å². The number of halogens is 1. The zero-order chi connectivity index (χ0) is 16.7. The Morgan fingerprint density at radius 3 is 2.17 bits per heavy atom. The highest BCUT2D eigenvalue weighted by Gasteiger charge is 2.29. The summed E-state index contributed by atoms with van der Waals surface area (Å²) in [5, 5.41) is 8.54. The van der Waals surface area contributed by atoms with Crippen LogP contribution in [0.4, 0.5) is 4.39 Å². The number of nitrogens with zero attached hydrogens (tertiary/aromatic N) is 1. The Morgan fingerprint density at radius 2 is 1.65 bits per heavy atom. The molecule has 0 radical (unpaired) electrons. The summed E-state index contributed by atoms with van der Waals surface area (Å²) in [6.07, 6.45) is 15.3. The molecule has 0 amide bonds. The van der Waals surface area contributed by atoms with E-state index in [4.69, 9.17) is 5.26 Å². The molecule has 1 nitrogen and oxygen atoms in total. The van der Waals surface area contributed by atoms with Gasteiger partial charge in [-0.2, -0.15) is 9.65 Å². The zero-order valence-corrected chi connectivity index (χ0v) is 14.7. The predicted molar refractivity (Wildman–Crippen MR) is 94.4 cm³/mol. The molecule has 0 aliphatic heterocycles. The van der Waals surface area contributed by atoms with E-state index in [1.165, 1.54) is 56.6 Å². The largest absolute Gasteiger partial charge is 0.196 e. The summed E-state index contributed by atoms with van der Waals surface area (Å²) in [4.78, 5) is 0. The lowest BCUT2D eigenvalue weighted by Gasteiger charge is -2.35. The average Bonchev–Trinajstić information content (AvgIpc) is 2.60. The first-order chi connectivity index (χ1) is 11.1. The van der Waals surface area contributed by atoms with E-state index in [0.717, 1.165) is 37.5 Å². The molecule has 0 aromatic rings. The van der Waals surface area contributed by atoms with Gasteiger partial charge in [-0.05, 0) is 81.1 Å². The molecule has 0 atom stereocenters. The predicted octanol–water partition coefficient (Wildman–Crippen LogP) is 6.72. The lowest BCUT2D eigenvalue weighted by atomic mass is 9.70. The van der Waals surface area contributed by atoms with Crippen molar-refractivity contribution >= 4 is 0 Å². The van der Waals surface area contributed by atoms with Gasteiger partial charge in [-0.15, -0.1) is 0 Å². The molecular formula is C21H32FN. The van der Waals surface area contributed by atoms with Crippen LogP contribution in [0.15, 0.2) is 24.1 Å². The molecule has 2 rings (SSSR count). The van der Waals surface area contributed by atoms with E-state index in [0.29, 0.717) is 5.92 Å². The molecule has 0 heterocycles. The fourth-order valence-electron chi connectivity index (χ4n) is 4.55. The molecule has 2 fully saturated rings. The summed E-state index contributed by atoms with van der Waals surface area (Å²) in [6.45, 7) is 6.73. The second-order valence-corrected chi connectivity index (χ2v) is 7.67. The fraction of sp³-hybridized carbons (Fsp3) is 0.762. The van der Waals surface area contributed by atoms with Crippen molar-refractivity contribution in [2.24, 2.45) is 23.7 Å². The average molecular weight is 317 g/mol. The van der Waals surface area contributed by atoms with Crippen LogP contribution in [0.5, 0.6) is 0 Å². The number of hydrogen-bond acceptors (Lipinski definition) is 1. The third-order valence-corrected chi connectivity index (χ3v) is 6.12. The second-order valence-electron chi connectivity index (χ2n) is 7.67. The molecule has 0 unspecified atom stereocenters. The number of hydrogen-bond donors (Lipinski definition) is 0. The molecule has 0 N–H and O–H groups in total. The Morgan fingerprint density at radius 1 is 1.09 bits per heavy atom. The highest BCUT2D eigenvalue weighted by molar-refractivity contribution is 5.15. The number of allylic oxidation sites excluding steroid dienone is 3. The lowest BCUT2D eigenvalue weighted by molar-refractivity contribution is 0.253. The summed E-state index contributed by atoms with van der Waals surface area (Å²) in [7, 11) is 0. The molecule has 0 aromatic carbocycles. The van der Waals surface area contributed by atoms with Crippen LogP contribution in [0.3, 0.4) is 0 Å². The minimum atomic E-state index is -0.613. The van der Waals surface area contributed by atoms with Crippen molar-refractivity contribution in [1.82, 2.24) is 0 Å². The third kappa shape index (κ3) is 5.48. The van der Waals surface area contributed by atoms with Crippen LogP contribution < -0.4 is 0 Å². The molecule has 0 aromatic heterocycles. The summed E-state index contributed by atoms with van der Waals surface area (Å²) in [5.41, 5.74) is 1.47. The van der Waals surface area contributed by atoms with Gasteiger partial charge in [0.25, 0.3) is 0 Å². The van der Waals surface area contributed by atoms with Crippen LogP contribution in [-0.2, 0) is 0 Å². The SMILES string of the molecule is C=C([C@H]1CC[C@H](/C=C(/F)C#N)CC1)[C@H]1CC[C@H](CCCC)CC1. The van der Waals surface area contributed by atoms with Gasteiger partial charge < -0.3 is 0 Å². The van der Waals surface area contributed by atoms with Crippen molar-refractivity contribution in [3.05, 3.63) is 24.1 Å². The van der Waals surface area contributed by atoms with Crippen molar-refractivity contribution < 1.29 is 4.39 Å². The Balaban J connectivity index is 1.74. The quantitative estimate of drug-likeness (QED) is 0.394. The summed E-state index contributed by atoms with van der Waals surface area (Å²) >= 11 is 0. The number of nitriles is 1. The van der Waals surface area contributed by atoms with E-state index in [9.17, 15) is 4.39 Å². The van der Waals surface area contributed by atoms with Crippen LogP contribution in [0.25, 0.3) is 0 Å². The number of unbranched alkanes of at least 4 members (excludes halogenated alkanes) is 1. The molecule has 0 saturated heterocycles. The maximum Gasteiger partial charge on any atom is 0.196 e. The molecule has 2 heteroatoms. The van der Waals surface area contributed by atoms with Gasteiger partial charge in [0.1, 0.15) is 6.07 Å². The van der Waals surface area contributed by atoms with Gasteiger partial charge in [-0.1, -0.05) is 38.3 Å². The smallest absolute Gasteiger partial charge is 0.195 e. The lowest BCUT2D eigenvalue weighted by Crippen LogP contribution is -2.22. The topological polar surface area (TPSA) is 23.8 Å². The molecule has 23 heavy (non-hydrogen) atoms. The van der Waals surface area contributed by atoms with Crippen LogP contribution in [0, 0.1) is 35.0 Å². The normalized spacial score (nSPS) is 32.3. The van der Waals surface area contributed by atoms with Gasteiger partial charge in [0.15, 0.2) is 5.83 Å². The van der Waals surface area contributed by atoms with Crippen LogP contribution in [0.1, 0.15) is 77.6 Å². The monoisotopic (exact) mass is 317 g/mol. The first-order valence-corrected chi connectivity index (χ1v) is 9.60. The molecule has 0 spiro atoms. The molecule has 128 valence electrons. The van der Waals surface area contributed by atoms with Gasteiger partial charge in [0.2, 0.25) is 0 Å². The highest BCUT2D eigenvalue weighted by Crippen LogP contribution is 2.42. The number of rotatable bonds is 6. The molecule has 2 aliphatic rings. The van der Waals surface area contributed by atoms with Gasteiger partial charge in [0.05, 0.1) is 0 Å². The maximum atomic E-state index is 13.1. The van der Waals surface area contributed by atoms with E-state index in [2.05, 4.69) is 13.5 Å². The molecular weight excluding hydrogens is 285 g/mol. The van der Waals surface area contributed by atoms with Gasteiger partial charge in [-0.3, -0.25) is 0 Å². The van der Waals surface area contributed by atoms with Gasteiger partial charge in [-0.25, -0.2) is 0 Å². The van der Waals surface area contributed by atoms with E-state index in [-0.39, 0.29) is 5.92 Å². The van der Waals surface area contributed by atoms with Gasteiger partial charge >= 0.3 is 0 Å². The first-order valence-electron chi connectivity index (χ1n) is 9.60. The standard InChI is InChI=1S/C21H32FN/c1-3-4-5-17-6-10-19(11-7-17)16(2)20-12-8-18(9-13-20)14-21(22)15-23/h14,17-20H,2-13H2,1H3/b21-14+/t17-,18-,19-,20-. The molecule has 0 bridgehead atoms. The third-order valence-electron chi connectivity index (χ3n) is 6.12. The maximum absolute atomic E-state index is 13.1. The van der Waals surface area contributed by atoms with Gasteiger partial charge in [0, 0.05) is 0 Å². The second kappa shape index (κ2) is 9.26. The summed E-state index contributed by atoms with van der Waals surface area (Å²) < 4.78 is 13.1. The Hall–Kier alpha value is -1.10. The Kier molecular flexibility index (Phi) is 7.34. The summed E-state index contributed by atoms with van der Waals surface area (Å²) in [6, 6.07) is 1.59. The van der Waals surface area contributed by atoms with Crippen molar-refractivity contribution in [1.29, 1.82) is 5.26 Å². The van der Waals surface area contributed by atoms with E-state index in [1.54, 1.807) is 6.07 Å². The Bertz CT molecular complexity index is 443. The zero-order valence-electron chi connectivity index (χ0n) is 14.7. The van der Waals surface area contributed by atoms with Crippen LogP contribution >= 0.6 is 0 Å². The van der Waals surface area contributed by atoms with E-state index < -0.39 is 5.83 Å². The van der Waals surface area contributed by atoms with E-state index in [1.807, 2.05) is 0 Å². The minimum Gasteiger partial charge on any atom is -0.195 e. The minimum absolute atomic E-state index is 0.253.